The standard InChI is InChI=1S/C13H15F6N3/c1-9-7-21(5-6-22(9)8-12(14,15)16)11-10(13(17,18)19)3-2-4-20-11/h2-4,9H,5-8H2,1H3. The molecule has 2 rings (SSSR count). The van der Waals surface area contributed by atoms with E-state index >= 15 is 0 Å². The van der Waals surface area contributed by atoms with Crippen molar-refractivity contribution in [1.29, 1.82) is 0 Å². The highest BCUT2D eigenvalue weighted by Gasteiger charge is 2.39. The molecule has 1 aromatic heterocycles. The summed E-state index contributed by atoms with van der Waals surface area (Å²) in [5.41, 5.74) is -0.869. The molecule has 1 aliphatic rings. The fourth-order valence-corrected chi connectivity index (χ4v) is 2.52. The minimum atomic E-state index is -4.55. The zero-order valence-electron chi connectivity index (χ0n) is 11.7. The maximum Gasteiger partial charge on any atom is 0.419 e. The average Bonchev–Trinajstić information content (AvgIpc) is 2.39. The first-order chi connectivity index (χ1) is 10.1. The second-order valence-corrected chi connectivity index (χ2v) is 5.25. The Morgan fingerprint density at radius 1 is 1.18 bits per heavy atom. The predicted molar refractivity (Wildman–Crippen MR) is 68.5 cm³/mol. The van der Waals surface area contributed by atoms with Gasteiger partial charge in [-0.2, -0.15) is 26.3 Å². The van der Waals surface area contributed by atoms with E-state index in [-0.39, 0.29) is 25.5 Å². The maximum absolute atomic E-state index is 13.0. The number of piperazine rings is 1. The molecule has 0 aliphatic carbocycles. The predicted octanol–water partition coefficient (Wildman–Crippen LogP) is 3.17. The summed E-state index contributed by atoms with van der Waals surface area (Å²) in [5.74, 6) is -0.228. The molecule has 3 nitrogen and oxygen atoms in total. The summed E-state index contributed by atoms with van der Waals surface area (Å²) < 4.78 is 76.2. The van der Waals surface area contributed by atoms with Gasteiger partial charge in [-0.05, 0) is 19.1 Å². The first-order valence-corrected chi connectivity index (χ1v) is 6.66. The van der Waals surface area contributed by atoms with Gasteiger partial charge in [0.25, 0.3) is 0 Å². The van der Waals surface area contributed by atoms with Crippen LogP contribution in [0.3, 0.4) is 0 Å². The molecule has 22 heavy (non-hydrogen) atoms. The van der Waals surface area contributed by atoms with E-state index in [2.05, 4.69) is 4.98 Å². The lowest BCUT2D eigenvalue weighted by molar-refractivity contribution is -0.150. The van der Waals surface area contributed by atoms with E-state index in [1.54, 1.807) is 6.92 Å². The summed E-state index contributed by atoms with van der Waals surface area (Å²) in [4.78, 5) is 6.37. The van der Waals surface area contributed by atoms with E-state index in [4.69, 9.17) is 0 Å². The Morgan fingerprint density at radius 2 is 1.86 bits per heavy atom. The number of hydrogen-bond donors (Lipinski definition) is 0. The highest BCUT2D eigenvalue weighted by atomic mass is 19.4. The number of hydrogen-bond acceptors (Lipinski definition) is 3. The molecule has 0 N–H and O–H groups in total. The molecule has 0 bridgehead atoms. The zero-order valence-corrected chi connectivity index (χ0v) is 11.7. The van der Waals surface area contributed by atoms with Crippen molar-refractivity contribution in [2.45, 2.75) is 25.3 Å². The van der Waals surface area contributed by atoms with Crippen molar-refractivity contribution >= 4 is 5.82 Å². The van der Waals surface area contributed by atoms with Crippen LogP contribution in [0.5, 0.6) is 0 Å². The Balaban J connectivity index is 2.14. The maximum atomic E-state index is 13.0. The van der Waals surface area contributed by atoms with Crippen LogP contribution in [0.25, 0.3) is 0 Å². The van der Waals surface area contributed by atoms with Gasteiger partial charge in [0, 0.05) is 31.9 Å². The van der Waals surface area contributed by atoms with Gasteiger partial charge < -0.3 is 4.90 Å². The minimum absolute atomic E-state index is 0.0363. The summed E-state index contributed by atoms with van der Waals surface area (Å²) in [6, 6.07) is 1.60. The molecule has 1 atom stereocenters. The average molecular weight is 327 g/mol. The Hall–Kier alpha value is -1.51. The zero-order chi connectivity index (χ0) is 16.5. The Bertz CT molecular complexity index is 513. The van der Waals surface area contributed by atoms with E-state index in [0.717, 1.165) is 6.07 Å². The fraction of sp³-hybridized carbons (Fsp3) is 0.615. The van der Waals surface area contributed by atoms with Crippen molar-refractivity contribution in [2.24, 2.45) is 0 Å². The van der Waals surface area contributed by atoms with Crippen LogP contribution < -0.4 is 4.90 Å². The normalized spacial score (nSPS) is 21.2. The van der Waals surface area contributed by atoms with E-state index in [9.17, 15) is 26.3 Å². The Labute approximate surface area is 123 Å². The molecule has 124 valence electrons. The number of pyridine rings is 1. The van der Waals surface area contributed by atoms with Gasteiger partial charge in [-0.1, -0.05) is 0 Å². The Morgan fingerprint density at radius 3 is 2.41 bits per heavy atom. The van der Waals surface area contributed by atoms with Crippen LogP contribution in [-0.4, -0.2) is 48.3 Å². The van der Waals surface area contributed by atoms with E-state index in [0.29, 0.717) is 0 Å². The highest BCUT2D eigenvalue weighted by Crippen LogP contribution is 2.35. The molecule has 2 heterocycles. The van der Waals surface area contributed by atoms with Crippen LogP contribution in [-0.2, 0) is 6.18 Å². The van der Waals surface area contributed by atoms with Gasteiger partial charge in [-0.15, -0.1) is 0 Å². The van der Waals surface area contributed by atoms with Gasteiger partial charge >= 0.3 is 12.4 Å². The third-order valence-electron chi connectivity index (χ3n) is 3.54. The number of rotatable bonds is 2. The van der Waals surface area contributed by atoms with Gasteiger partial charge in [-0.3, -0.25) is 4.90 Å². The van der Waals surface area contributed by atoms with Crippen LogP contribution in [0.15, 0.2) is 18.3 Å². The third-order valence-corrected chi connectivity index (χ3v) is 3.54. The monoisotopic (exact) mass is 327 g/mol. The fourth-order valence-electron chi connectivity index (χ4n) is 2.52. The van der Waals surface area contributed by atoms with Gasteiger partial charge in [0.1, 0.15) is 5.82 Å². The SMILES string of the molecule is CC1CN(c2ncccc2C(F)(F)F)CCN1CC(F)(F)F. The summed E-state index contributed by atoms with van der Waals surface area (Å²) in [6.45, 7) is 0.676. The molecule has 1 aromatic rings. The van der Waals surface area contributed by atoms with Crippen LogP contribution in [0, 0.1) is 0 Å². The van der Waals surface area contributed by atoms with E-state index in [1.165, 1.54) is 22.1 Å². The number of nitrogens with zero attached hydrogens (tertiary/aromatic N) is 3. The molecule has 1 aliphatic heterocycles. The second kappa shape index (κ2) is 5.94. The largest absolute Gasteiger partial charge is 0.419 e. The first-order valence-electron chi connectivity index (χ1n) is 6.66. The minimum Gasteiger partial charge on any atom is -0.353 e. The van der Waals surface area contributed by atoms with Crippen molar-refractivity contribution in [3.8, 4) is 0 Å². The lowest BCUT2D eigenvalue weighted by Gasteiger charge is -2.41. The smallest absolute Gasteiger partial charge is 0.353 e. The number of halogens is 6. The van der Waals surface area contributed by atoms with Crippen molar-refractivity contribution < 1.29 is 26.3 Å². The highest BCUT2D eigenvalue weighted by molar-refractivity contribution is 5.49. The van der Waals surface area contributed by atoms with Crippen molar-refractivity contribution in [2.75, 3.05) is 31.1 Å². The van der Waals surface area contributed by atoms with Gasteiger partial charge in [-0.25, -0.2) is 4.98 Å². The molecule has 0 saturated carbocycles. The molecule has 1 unspecified atom stereocenters. The molecular formula is C13H15F6N3. The van der Waals surface area contributed by atoms with Crippen molar-refractivity contribution in [1.82, 2.24) is 9.88 Å². The molecule has 0 aromatic carbocycles. The summed E-state index contributed by atoms with van der Waals surface area (Å²) in [7, 11) is 0. The van der Waals surface area contributed by atoms with Crippen molar-refractivity contribution in [3.05, 3.63) is 23.9 Å². The van der Waals surface area contributed by atoms with E-state index in [1.807, 2.05) is 0 Å². The summed E-state index contributed by atoms with van der Waals surface area (Å²) in [5, 5.41) is 0. The van der Waals surface area contributed by atoms with Crippen LogP contribution in [0.1, 0.15) is 12.5 Å². The van der Waals surface area contributed by atoms with Gasteiger partial charge in [0.15, 0.2) is 0 Å². The number of aromatic nitrogens is 1. The second-order valence-electron chi connectivity index (χ2n) is 5.25. The number of anilines is 1. The quantitative estimate of drug-likeness (QED) is 0.778. The third kappa shape index (κ3) is 4.02. The lowest BCUT2D eigenvalue weighted by Crippen LogP contribution is -2.54. The van der Waals surface area contributed by atoms with Gasteiger partial charge in [0.05, 0.1) is 12.1 Å². The number of alkyl halides is 6. The van der Waals surface area contributed by atoms with Crippen LogP contribution in [0.2, 0.25) is 0 Å². The lowest BCUT2D eigenvalue weighted by atomic mass is 10.1. The Kier molecular flexibility index (Phi) is 4.55. The molecule has 9 heteroatoms. The molecule has 0 amide bonds. The molecule has 1 saturated heterocycles. The topological polar surface area (TPSA) is 19.4 Å². The van der Waals surface area contributed by atoms with Crippen LogP contribution in [0.4, 0.5) is 32.2 Å². The van der Waals surface area contributed by atoms with E-state index < -0.39 is 30.5 Å². The van der Waals surface area contributed by atoms with Gasteiger partial charge in [0.2, 0.25) is 0 Å². The molecule has 0 radical (unpaired) electrons. The van der Waals surface area contributed by atoms with Crippen LogP contribution >= 0.6 is 0 Å². The van der Waals surface area contributed by atoms with Crippen molar-refractivity contribution in [3.63, 3.8) is 0 Å². The summed E-state index contributed by atoms with van der Waals surface area (Å²) in [6.07, 6.45) is -7.62. The first kappa shape index (κ1) is 16.9. The molecular weight excluding hydrogens is 312 g/mol. The molecule has 0 spiro atoms. The molecule has 1 fully saturated rings. The summed E-state index contributed by atoms with van der Waals surface area (Å²) >= 11 is 0.